The van der Waals surface area contributed by atoms with Gasteiger partial charge in [-0.25, -0.2) is 0 Å². The largest absolute Gasteiger partial charge is 0.416 e. The molecule has 0 unspecified atom stereocenters. The molecule has 19 heavy (non-hydrogen) atoms. The molecule has 1 fully saturated rings. The zero-order valence-corrected chi connectivity index (χ0v) is 11.3. The summed E-state index contributed by atoms with van der Waals surface area (Å²) in [6, 6.07) is 5.30. The van der Waals surface area contributed by atoms with E-state index < -0.39 is 11.7 Å². The van der Waals surface area contributed by atoms with E-state index in [-0.39, 0.29) is 0 Å². The van der Waals surface area contributed by atoms with Crippen LogP contribution in [0.15, 0.2) is 24.3 Å². The minimum Gasteiger partial charge on any atom is -0.312 e. The Morgan fingerprint density at radius 2 is 1.79 bits per heavy atom. The summed E-state index contributed by atoms with van der Waals surface area (Å²) in [6.45, 7) is 1.49. The van der Waals surface area contributed by atoms with Gasteiger partial charge in [-0.05, 0) is 42.4 Å². The molecule has 1 N–H and O–H groups in total. The van der Waals surface area contributed by atoms with Gasteiger partial charge in [-0.3, -0.25) is 0 Å². The lowest BCUT2D eigenvalue weighted by Gasteiger charge is -2.14. The highest BCUT2D eigenvalue weighted by Gasteiger charge is 2.41. The fraction of sp³-hybridized carbons (Fsp3) is 0.571. The van der Waals surface area contributed by atoms with E-state index in [1.165, 1.54) is 25.0 Å². The van der Waals surface area contributed by atoms with Crippen molar-refractivity contribution < 1.29 is 13.2 Å². The zero-order valence-electron chi connectivity index (χ0n) is 10.6. The molecule has 0 aliphatic heterocycles. The summed E-state index contributed by atoms with van der Waals surface area (Å²) < 4.78 is 37.2. The number of hydrogen-bond acceptors (Lipinski definition) is 1. The topological polar surface area (TPSA) is 12.0 Å². The molecule has 0 saturated heterocycles. The molecular formula is C14H17ClF3N. The summed E-state index contributed by atoms with van der Waals surface area (Å²) in [5.41, 5.74) is 0.611. The molecule has 0 spiro atoms. The first-order valence-corrected chi connectivity index (χ1v) is 6.91. The minimum absolute atomic E-state index is 0.341. The third kappa shape index (κ3) is 4.11. The van der Waals surface area contributed by atoms with Crippen molar-refractivity contribution in [3.63, 3.8) is 0 Å². The molecule has 1 saturated carbocycles. The molecule has 2 rings (SSSR count). The molecule has 1 nitrogen and oxygen atoms in total. The average Bonchev–Trinajstić information content (AvgIpc) is 3.09. The van der Waals surface area contributed by atoms with Crippen molar-refractivity contribution in [1.82, 2.24) is 5.32 Å². The van der Waals surface area contributed by atoms with Gasteiger partial charge in [0, 0.05) is 19.0 Å². The first kappa shape index (κ1) is 14.7. The third-order valence-corrected chi connectivity index (χ3v) is 3.88. The Morgan fingerprint density at radius 1 is 1.16 bits per heavy atom. The molecule has 1 aliphatic rings. The van der Waals surface area contributed by atoms with E-state index in [0.29, 0.717) is 17.8 Å². The lowest BCUT2D eigenvalue weighted by atomic mass is 10.0. The summed E-state index contributed by atoms with van der Waals surface area (Å²) in [5.74, 6) is 0.669. The van der Waals surface area contributed by atoms with E-state index in [9.17, 15) is 13.2 Å². The second-order valence-corrected chi connectivity index (χ2v) is 5.62. The van der Waals surface area contributed by atoms with Crippen molar-refractivity contribution in [2.75, 3.05) is 12.4 Å². The number of alkyl halides is 4. The molecule has 106 valence electrons. The van der Waals surface area contributed by atoms with E-state index in [4.69, 9.17) is 11.6 Å². The van der Waals surface area contributed by atoms with Crippen LogP contribution in [0.25, 0.3) is 0 Å². The predicted molar refractivity (Wildman–Crippen MR) is 70.2 cm³/mol. The highest BCUT2D eigenvalue weighted by molar-refractivity contribution is 6.17. The summed E-state index contributed by atoms with van der Waals surface area (Å²) in [4.78, 5) is 0. The van der Waals surface area contributed by atoms with Crippen molar-refractivity contribution >= 4 is 11.6 Å². The Balaban J connectivity index is 1.81. The predicted octanol–water partition coefficient (Wildman–Crippen LogP) is 4.20. The van der Waals surface area contributed by atoms with Crippen LogP contribution in [0.3, 0.4) is 0 Å². The maximum Gasteiger partial charge on any atom is 0.416 e. The van der Waals surface area contributed by atoms with Crippen LogP contribution in [0.4, 0.5) is 13.2 Å². The van der Waals surface area contributed by atoms with Crippen LogP contribution in [-0.4, -0.2) is 12.4 Å². The van der Waals surface area contributed by atoms with Gasteiger partial charge in [0.25, 0.3) is 0 Å². The number of halogens is 4. The normalized spacial score (nSPS) is 17.5. The molecule has 0 aromatic heterocycles. The van der Waals surface area contributed by atoms with Crippen molar-refractivity contribution in [2.24, 2.45) is 5.41 Å². The summed E-state index contributed by atoms with van der Waals surface area (Å²) in [7, 11) is 0. The summed E-state index contributed by atoms with van der Waals surface area (Å²) in [6.07, 6.45) is -0.863. The van der Waals surface area contributed by atoms with Gasteiger partial charge < -0.3 is 5.32 Å². The molecule has 0 amide bonds. The zero-order chi connectivity index (χ0) is 13.9. The molecule has 1 aromatic rings. The van der Waals surface area contributed by atoms with Crippen molar-refractivity contribution in [2.45, 2.75) is 32.0 Å². The summed E-state index contributed by atoms with van der Waals surface area (Å²) in [5, 5.41) is 3.31. The molecule has 1 aliphatic carbocycles. The monoisotopic (exact) mass is 291 g/mol. The van der Waals surface area contributed by atoms with Crippen LogP contribution in [0.1, 0.15) is 30.4 Å². The summed E-state index contributed by atoms with van der Waals surface area (Å²) >= 11 is 5.75. The van der Waals surface area contributed by atoms with Gasteiger partial charge in [-0.15, -0.1) is 11.6 Å². The Labute approximate surface area is 116 Å². The quantitative estimate of drug-likeness (QED) is 0.775. The lowest BCUT2D eigenvalue weighted by molar-refractivity contribution is -0.137. The second-order valence-electron chi connectivity index (χ2n) is 5.24. The SMILES string of the molecule is FC(F)(F)c1ccc(CNCC2(CCCl)CC2)cc1. The minimum atomic E-state index is -4.26. The average molecular weight is 292 g/mol. The second kappa shape index (κ2) is 5.71. The van der Waals surface area contributed by atoms with Gasteiger partial charge in [0.15, 0.2) is 0 Å². The number of nitrogens with one attached hydrogen (secondary N) is 1. The van der Waals surface area contributed by atoms with Gasteiger partial charge in [-0.1, -0.05) is 12.1 Å². The standard InChI is InChI=1S/C14H17ClF3N/c15-8-7-13(5-6-13)10-19-9-11-1-3-12(4-2-11)14(16,17)18/h1-4,19H,5-10H2. The van der Waals surface area contributed by atoms with Gasteiger partial charge in [-0.2, -0.15) is 13.2 Å². The van der Waals surface area contributed by atoms with Crippen LogP contribution in [0.5, 0.6) is 0 Å². The molecule has 1 aromatic carbocycles. The van der Waals surface area contributed by atoms with Crippen molar-refractivity contribution in [1.29, 1.82) is 0 Å². The van der Waals surface area contributed by atoms with E-state index in [2.05, 4.69) is 5.32 Å². The van der Waals surface area contributed by atoms with Crippen LogP contribution < -0.4 is 5.32 Å². The smallest absolute Gasteiger partial charge is 0.312 e. The Kier molecular flexibility index (Phi) is 4.41. The first-order valence-electron chi connectivity index (χ1n) is 6.38. The maximum atomic E-state index is 12.4. The van der Waals surface area contributed by atoms with Crippen LogP contribution in [0.2, 0.25) is 0 Å². The Morgan fingerprint density at radius 3 is 2.26 bits per heavy atom. The maximum absolute atomic E-state index is 12.4. The van der Waals surface area contributed by atoms with Gasteiger partial charge in [0.2, 0.25) is 0 Å². The van der Waals surface area contributed by atoms with Gasteiger partial charge >= 0.3 is 6.18 Å². The fourth-order valence-corrected chi connectivity index (χ4v) is 2.58. The van der Waals surface area contributed by atoms with Crippen LogP contribution >= 0.6 is 11.6 Å². The number of hydrogen-bond donors (Lipinski definition) is 1. The van der Waals surface area contributed by atoms with E-state index in [1.54, 1.807) is 0 Å². The molecule has 0 heterocycles. The Hall–Kier alpha value is -0.740. The molecule has 0 atom stereocenters. The van der Waals surface area contributed by atoms with E-state index >= 15 is 0 Å². The molecule has 0 bridgehead atoms. The highest BCUT2D eigenvalue weighted by Crippen LogP contribution is 2.48. The van der Waals surface area contributed by atoms with E-state index in [0.717, 1.165) is 30.7 Å². The van der Waals surface area contributed by atoms with Crippen molar-refractivity contribution in [3.05, 3.63) is 35.4 Å². The first-order chi connectivity index (χ1) is 8.95. The van der Waals surface area contributed by atoms with Crippen LogP contribution in [-0.2, 0) is 12.7 Å². The number of rotatable bonds is 6. The van der Waals surface area contributed by atoms with Crippen molar-refractivity contribution in [3.8, 4) is 0 Å². The van der Waals surface area contributed by atoms with Gasteiger partial charge in [0.1, 0.15) is 0 Å². The molecular weight excluding hydrogens is 275 g/mol. The highest BCUT2D eigenvalue weighted by atomic mass is 35.5. The molecule has 5 heteroatoms. The number of benzene rings is 1. The van der Waals surface area contributed by atoms with Crippen LogP contribution in [0, 0.1) is 5.41 Å². The Bertz CT molecular complexity index is 410. The lowest BCUT2D eigenvalue weighted by Crippen LogP contribution is -2.24. The fourth-order valence-electron chi connectivity index (χ4n) is 2.18. The van der Waals surface area contributed by atoms with Gasteiger partial charge in [0.05, 0.1) is 5.56 Å². The van der Waals surface area contributed by atoms with E-state index in [1.807, 2.05) is 0 Å². The third-order valence-electron chi connectivity index (χ3n) is 3.69. The molecule has 0 radical (unpaired) electrons.